The van der Waals surface area contributed by atoms with Gasteiger partial charge < -0.3 is 10.1 Å². The van der Waals surface area contributed by atoms with E-state index in [1.165, 1.54) is 24.0 Å². The SMILES string of the molecule is COC(=O)c1sc2ccccc2c1NC(=O)CCSc1ccc(C)cc1. The number of hydrogen-bond acceptors (Lipinski definition) is 5. The van der Waals surface area contributed by atoms with Crippen LogP contribution in [0.4, 0.5) is 5.69 Å². The monoisotopic (exact) mass is 385 g/mol. The molecule has 6 heteroatoms. The average Bonchev–Trinajstić information content (AvgIpc) is 3.01. The molecule has 0 aliphatic carbocycles. The molecule has 4 nitrogen and oxygen atoms in total. The van der Waals surface area contributed by atoms with Gasteiger partial charge in [0, 0.05) is 27.2 Å². The van der Waals surface area contributed by atoms with E-state index in [2.05, 4.69) is 29.6 Å². The molecule has 0 unspecified atom stereocenters. The van der Waals surface area contributed by atoms with Crippen LogP contribution in [0.15, 0.2) is 53.4 Å². The highest BCUT2D eigenvalue weighted by Gasteiger charge is 2.20. The van der Waals surface area contributed by atoms with Crippen molar-refractivity contribution in [3.05, 3.63) is 59.0 Å². The van der Waals surface area contributed by atoms with Crippen LogP contribution < -0.4 is 5.32 Å². The molecule has 0 aliphatic rings. The standard InChI is InChI=1S/C20H19NO3S2/c1-13-7-9-14(10-8-13)25-12-11-17(22)21-18-15-5-3-4-6-16(15)26-19(18)20(23)24-2/h3-10H,11-12H2,1-2H3,(H,21,22). The minimum absolute atomic E-state index is 0.113. The number of hydrogen-bond donors (Lipinski definition) is 1. The van der Waals surface area contributed by atoms with Crippen molar-refractivity contribution in [2.75, 3.05) is 18.2 Å². The molecule has 0 fully saturated rings. The van der Waals surface area contributed by atoms with Gasteiger partial charge in [-0.25, -0.2) is 4.79 Å². The zero-order valence-corrected chi connectivity index (χ0v) is 16.2. The van der Waals surface area contributed by atoms with E-state index in [-0.39, 0.29) is 5.91 Å². The van der Waals surface area contributed by atoms with Gasteiger partial charge in [-0.05, 0) is 25.1 Å². The molecule has 1 amide bonds. The maximum atomic E-state index is 12.4. The average molecular weight is 386 g/mol. The number of nitrogens with one attached hydrogen (secondary N) is 1. The van der Waals surface area contributed by atoms with Crippen molar-refractivity contribution in [3.63, 3.8) is 0 Å². The summed E-state index contributed by atoms with van der Waals surface area (Å²) in [5.41, 5.74) is 1.76. The molecule has 3 aromatic rings. The van der Waals surface area contributed by atoms with E-state index in [0.717, 1.165) is 15.0 Å². The van der Waals surface area contributed by atoms with E-state index >= 15 is 0 Å². The number of amides is 1. The fraction of sp³-hybridized carbons (Fsp3) is 0.200. The lowest BCUT2D eigenvalue weighted by Crippen LogP contribution is -2.14. The Labute approximate surface area is 160 Å². The number of anilines is 1. The number of carbonyl (C=O) groups is 2. The number of rotatable bonds is 6. The molecular weight excluding hydrogens is 366 g/mol. The third kappa shape index (κ3) is 4.26. The Hall–Kier alpha value is -2.31. The van der Waals surface area contributed by atoms with Gasteiger partial charge in [-0.3, -0.25) is 4.79 Å². The van der Waals surface area contributed by atoms with Crippen LogP contribution in [-0.4, -0.2) is 24.7 Å². The second-order valence-electron chi connectivity index (χ2n) is 5.75. The molecular formula is C20H19NO3S2. The molecule has 0 aliphatic heterocycles. The van der Waals surface area contributed by atoms with Gasteiger partial charge in [-0.1, -0.05) is 35.9 Å². The fourth-order valence-electron chi connectivity index (χ4n) is 2.50. The maximum absolute atomic E-state index is 12.4. The largest absolute Gasteiger partial charge is 0.465 e. The molecule has 3 rings (SSSR count). The Bertz CT molecular complexity index is 932. The molecule has 0 saturated heterocycles. The number of thioether (sulfide) groups is 1. The van der Waals surface area contributed by atoms with Crippen LogP contribution in [0.5, 0.6) is 0 Å². The van der Waals surface area contributed by atoms with Crippen molar-refractivity contribution in [3.8, 4) is 0 Å². The number of benzene rings is 2. The van der Waals surface area contributed by atoms with E-state index in [4.69, 9.17) is 4.74 Å². The van der Waals surface area contributed by atoms with E-state index in [1.54, 1.807) is 11.8 Å². The Balaban J connectivity index is 1.68. The topological polar surface area (TPSA) is 55.4 Å². The predicted octanol–water partition coefficient (Wildman–Crippen LogP) is 5.12. The minimum Gasteiger partial charge on any atom is -0.465 e. The lowest BCUT2D eigenvalue weighted by atomic mass is 10.2. The van der Waals surface area contributed by atoms with Crippen LogP contribution in [0.3, 0.4) is 0 Å². The zero-order valence-electron chi connectivity index (χ0n) is 14.6. The van der Waals surface area contributed by atoms with Crippen LogP contribution >= 0.6 is 23.1 Å². The number of fused-ring (bicyclic) bond motifs is 1. The van der Waals surface area contributed by atoms with Gasteiger partial charge in [0.2, 0.25) is 5.91 Å². The van der Waals surface area contributed by atoms with Gasteiger partial charge in [0.1, 0.15) is 4.88 Å². The minimum atomic E-state index is -0.435. The number of thiophene rings is 1. The molecule has 2 aromatic carbocycles. The third-order valence-corrected chi connectivity index (χ3v) is 6.01. The van der Waals surface area contributed by atoms with Gasteiger partial charge in [-0.2, -0.15) is 0 Å². The summed E-state index contributed by atoms with van der Waals surface area (Å²) < 4.78 is 5.79. The molecule has 1 aromatic heterocycles. The van der Waals surface area contributed by atoms with Crippen molar-refractivity contribution >= 4 is 50.7 Å². The number of ether oxygens (including phenoxy) is 1. The number of carbonyl (C=O) groups excluding carboxylic acids is 2. The molecule has 0 bridgehead atoms. The van der Waals surface area contributed by atoms with Gasteiger partial charge in [0.25, 0.3) is 0 Å². The maximum Gasteiger partial charge on any atom is 0.350 e. The van der Waals surface area contributed by atoms with Crippen molar-refractivity contribution in [1.29, 1.82) is 0 Å². The summed E-state index contributed by atoms with van der Waals surface area (Å²) in [7, 11) is 1.34. The molecule has 1 N–H and O–H groups in total. The summed E-state index contributed by atoms with van der Waals surface area (Å²) in [6, 6.07) is 15.8. The van der Waals surface area contributed by atoms with Gasteiger partial charge in [-0.15, -0.1) is 23.1 Å². The molecule has 134 valence electrons. The van der Waals surface area contributed by atoms with Crippen molar-refractivity contribution in [1.82, 2.24) is 0 Å². The third-order valence-electron chi connectivity index (χ3n) is 3.85. The second kappa shape index (κ2) is 8.38. The first-order valence-electron chi connectivity index (χ1n) is 8.17. The lowest BCUT2D eigenvalue weighted by molar-refractivity contribution is -0.115. The van der Waals surface area contributed by atoms with Crippen molar-refractivity contribution in [2.45, 2.75) is 18.2 Å². The van der Waals surface area contributed by atoms with Crippen LogP contribution in [-0.2, 0) is 9.53 Å². The number of aryl methyl sites for hydroxylation is 1. The van der Waals surface area contributed by atoms with Crippen LogP contribution in [0.2, 0.25) is 0 Å². The molecule has 0 radical (unpaired) electrons. The lowest BCUT2D eigenvalue weighted by Gasteiger charge is -2.07. The molecule has 1 heterocycles. The molecule has 0 spiro atoms. The summed E-state index contributed by atoms with van der Waals surface area (Å²) in [4.78, 5) is 26.0. The Morgan fingerprint density at radius 1 is 1.12 bits per heavy atom. The normalized spacial score (nSPS) is 10.7. The Morgan fingerprint density at radius 3 is 2.58 bits per heavy atom. The van der Waals surface area contributed by atoms with Crippen molar-refractivity contribution < 1.29 is 14.3 Å². The van der Waals surface area contributed by atoms with E-state index in [1.807, 2.05) is 31.2 Å². The summed E-state index contributed by atoms with van der Waals surface area (Å²) in [5.74, 6) is 0.124. The first kappa shape index (κ1) is 18.5. The summed E-state index contributed by atoms with van der Waals surface area (Å²) in [6.45, 7) is 2.05. The molecule has 0 saturated carbocycles. The van der Waals surface area contributed by atoms with Crippen LogP contribution in [0, 0.1) is 6.92 Å². The first-order chi connectivity index (χ1) is 12.6. The van der Waals surface area contributed by atoms with E-state index in [9.17, 15) is 9.59 Å². The highest BCUT2D eigenvalue weighted by molar-refractivity contribution is 7.99. The predicted molar refractivity (Wildman–Crippen MR) is 108 cm³/mol. The van der Waals surface area contributed by atoms with Gasteiger partial charge in [0.05, 0.1) is 12.8 Å². The molecule has 0 atom stereocenters. The number of esters is 1. The highest BCUT2D eigenvalue weighted by atomic mass is 32.2. The van der Waals surface area contributed by atoms with Crippen molar-refractivity contribution in [2.24, 2.45) is 0 Å². The van der Waals surface area contributed by atoms with Crippen LogP contribution in [0.1, 0.15) is 21.7 Å². The Kier molecular flexibility index (Phi) is 5.96. The van der Waals surface area contributed by atoms with Gasteiger partial charge >= 0.3 is 5.97 Å². The van der Waals surface area contributed by atoms with E-state index in [0.29, 0.717) is 22.7 Å². The summed E-state index contributed by atoms with van der Waals surface area (Å²) >= 11 is 2.96. The first-order valence-corrected chi connectivity index (χ1v) is 9.98. The van der Waals surface area contributed by atoms with E-state index < -0.39 is 5.97 Å². The second-order valence-corrected chi connectivity index (χ2v) is 7.97. The smallest absolute Gasteiger partial charge is 0.350 e. The van der Waals surface area contributed by atoms with Crippen LogP contribution in [0.25, 0.3) is 10.1 Å². The molecule has 26 heavy (non-hydrogen) atoms. The number of methoxy groups -OCH3 is 1. The Morgan fingerprint density at radius 2 is 1.85 bits per heavy atom. The quantitative estimate of drug-likeness (QED) is 0.473. The fourth-order valence-corrected chi connectivity index (χ4v) is 4.43. The van der Waals surface area contributed by atoms with Gasteiger partial charge in [0.15, 0.2) is 0 Å². The zero-order chi connectivity index (χ0) is 18.5. The highest BCUT2D eigenvalue weighted by Crippen LogP contribution is 2.36. The summed E-state index contributed by atoms with van der Waals surface area (Å²) in [6.07, 6.45) is 0.364. The summed E-state index contributed by atoms with van der Waals surface area (Å²) in [5, 5.41) is 3.76.